The highest BCUT2D eigenvalue weighted by Gasteiger charge is 2.01. The molecular formula is C5H9N3O. The van der Waals surface area contributed by atoms with Crippen LogP contribution in [-0.4, -0.2) is 10.2 Å². The molecule has 0 saturated heterocycles. The molecule has 0 fully saturated rings. The third-order valence-electron chi connectivity index (χ3n) is 1.26. The number of aromatic amines is 2. The van der Waals surface area contributed by atoms with Gasteiger partial charge < -0.3 is 5.73 Å². The summed E-state index contributed by atoms with van der Waals surface area (Å²) in [6, 6.07) is 0. The van der Waals surface area contributed by atoms with Crippen LogP contribution in [0.4, 0.5) is 5.82 Å². The van der Waals surface area contributed by atoms with E-state index in [0.29, 0.717) is 17.8 Å². The van der Waals surface area contributed by atoms with Gasteiger partial charge in [-0.1, -0.05) is 6.92 Å². The van der Waals surface area contributed by atoms with Crippen LogP contribution >= 0.6 is 0 Å². The van der Waals surface area contributed by atoms with E-state index >= 15 is 0 Å². The molecule has 1 rings (SSSR count). The van der Waals surface area contributed by atoms with Gasteiger partial charge in [-0.2, -0.15) is 0 Å². The molecule has 0 bridgehead atoms. The Morgan fingerprint density at radius 1 is 1.56 bits per heavy atom. The molecule has 0 unspecified atom stereocenters. The molecule has 0 aliphatic heterocycles. The maximum absolute atomic E-state index is 10.7. The van der Waals surface area contributed by atoms with Crippen LogP contribution in [-0.2, 0) is 6.42 Å². The van der Waals surface area contributed by atoms with Crippen molar-refractivity contribution in [2.75, 3.05) is 5.73 Å². The maximum atomic E-state index is 10.7. The lowest BCUT2D eigenvalue weighted by Crippen LogP contribution is -2.04. The minimum absolute atomic E-state index is 0.116. The van der Waals surface area contributed by atoms with Crippen molar-refractivity contribution in [3.8, 4) is 0 Å². The van der Waals surface area contributed by atoms with Crippen molar-refractivity contribution in [2.45, 2.75) is 13.3 Å². The van der Waals surface area contributed by atoms with Crippen LogP contribution in [0.1, 0.15) is 12.5 Å². The lowest BCUT2D eigenvalue weighted by atomic mass is 10.2. The molecule has 1 heterocycles. The number of hydrogen-bond donors (Lipinski definition) is 3. The van der Waals surface area contributed by atoms with E-state index in [-0.39, 0.29) is 5.56 Å². The highest BCUT2D eigenvalue weighted by molar-refractivity contribution is 5.36. The second-order valence-electron chi connectivity index (χ2n) is 1.82. The van der Waals surface area contributed by atoms with Crippen LogP contribution in [0.3, 0.4) is 0 Å². The Bertz CT molecular complexity index is 247. The Balaban J connectivity index is 3.23. The predicted octanol–water partition coefficient (Wildman–Crippen LogP) is -0.152. The fourth-order valence-corrected chi connectivity index (χ4v) is 0.748. The Morgan fingerprint density at radius 3 is 2.44 bits per heavy atom. The maximum Gasteiger partial charge on any atom is 0.269 e. The van der Waals surface area contributed by atoms with Crippen molar-refractivity contribution in [3.63, 3.8) is 0 Å². The first-order chi connectivity index (χ1) is 4.25. The van der Waals surface area contributed by atoms with Gasteiger partial charge >= 0.3 is 0 Å². The van der Waals surface area contributed by atoms with Gasteiger partial charge in [0.25, 0.3) is 5.56 Å². The van der Waals surface area contributed by atoms with Crippen molar-refractivity contribution in [3.05, 3.63) is 15.9 Å². The second kappa shape index (κ2) is 1.97. The number of H-pyrrole nitrogens is 2. The summed E-state index contributed by atoms with van der Waals surface area (Å²) in [4.78, 5) is 10.7. The summed E-state index contributed by atoms with van der Waals surface area (Å²) in [7, 11) is 0. The molecule has 4 nitrogen and oxygen atoms in total. The summed E-state index contributed by atoms with van der Waals surface area (Å²) in [6.45, 7) is 1.88. The topological polar surface area (TPSA) is 74.7 Å². The standard InChI is InChI=1S/C5H9N3O/c1-2-3-4(6)7-8-5(3)9/h2H2,1H3,(H4,6,7,8,9). The predicted molar refractivity (Wildman–Crippen MR) is 35.2 cm³/mol. The Morgan fingerprint density at radius 2 is 2.22 bits per heavy atom. The summed E-state index contributed by atoms with van der Waals surface area (Å²) < 4.78 is 0. The molecule has 4 N–H and O–H groups in total. The first kappa shape index (κ1) is 5.94. The lowest BCUT2D eigenvalue weighted by molar-refractivity contribution is 1.05. The zero-order valence-electron chi connectivity index (χ0n) is 5.19. The summed E-state index contributed by atoms with van der Waals surface area (Å²) in [5.74, 6) is 0.447. The first-order valence-corrected chi connectivity index (χ1v) is 2.80. The molecule has 0 saturated carbocycles. The van der Waals surface area contributed by atoms with E-state index in [0.717, 1.165) is 0 Å². The zero-order chi connectivity index (χ0) is 6.85. The minimum Gasteiger partial charge on any atom is -0.384 e. The number of rotatable bonds is 1. The third kappa shape index (κ3) is 0.826. The zero-order valence-corrected chi connectivity index (χ0v) is 5.19. The number of anilines is 1. The van der Waals surface area contributed by atoms with Gasteiger partial charge in [-0.3, -0.25) is 15.0 Å². The van der Waals surface area contributed by atoms with Gasteiger partial charge in [-0.15, -0.1) is 0 Å². The van der Waals surface area contributed by atoms with Crippen LogP contribution in [0.15, 0.2) is 4.79 Å². The van der Waals surface area contributed by atoms with Gasteiger partial charge in [0.05, 0.1) is 5.56 Å². The highest BCUT2D eigenvalue weighted by atomic mass is 16.1. The Labute approximate surface area is 52.1 Å². The molecule has 9 heavy (non-hydrogen) atoms. The van der Waals surface area contributed by atoms with Gasteiger partial charge in [0.2, 0.25) is 0 Å². The number of aromatic nitrogens is 2. The van der Waals surface area contributed by atoms with Crippen LogP contribution in [0.25, 0.3) is 0 Å². The van der Waals surface area contributed by atoms with E-state index in [1.165, 1.54) is 0 Å². The fourth-order valence-electron chi connectivity index (χ4n) is 0.748. The van der Waals surface area contributed by atoms with Gasteiger partial charge in [0.1, 0.15) is 5.82 Å². The van der Waals surface area contributed by atoms with Gasteiger partial charge in [0, 0.05) is 0 Å². The fraction of sp³-hybridized carbons (Fsp3) is 0.400. The number of nitrogen functional groups attached to an aromatic ring is 1. The average molecular weight is 127 g/mol. The summed E-state index contributed by atoms with van der Waals surface area (Å²) in [5, 5.41) is 4.91. The molecule has 0 aromatic carbocycles. The quantitative estimate of drug-likeness (QED) is 0.490. The first-order valence-electron chi connectivity index (χ1n) is 2.80. The lowest BCUT2D eigenvalue weighted by Gasteiger charge is -1.85. The van der Waals surface area contributed by atoms with Gasteiger partial charge in [0.15, 0.2) is 0 Å². The largest absolute Gasteiger partial charge is 0.384 e. The summed E-state index contributed by atoms with van der Waals surface area (Å²) in [5.41, 5.74) is 5.88. The molecule has 50 valence electrons. The molecule has 0 amide bonds. The number of hydrogen-bond acceptors (Lipinski definition) is 2. The van der Waals surface area contributed by atoms with E-state index in [9.17, 15) is 4.79 Å². The van der Waals surface area contributed by atoms with E-state index in [1.54, 1.807) is 0 Å². The molecule has 0 aliphatic carbocycles. The monoisotopic (exact) mass is 127 g/mol. The van der Waals surface area contributed by atoms with E-state index in [4.69, 9.17) is 5.73 Å². The van der Waals surface area contributed by atoms with Crippen molar-refractivity contribution < 1.29 is 0 Å². The molecule has 1 aromatic heterocycles. The van der Waals surface area contributed by atoms with Crippen LogP contribution < -0.4 is 11.3 Å². The van der Waals surface area contributed by atoms with Crippen LogP contribution in [0.2, 0.25) is 0 Å². The molecule has 0 spiro atoms. The average Bonchev–Trinajstić information content (AvgIpc) is 2.12. The van der Waals surface area contributed by atoms with Crippen molar-refractivity contribution in [2.24, 2.45) is 0 Å². The Hall–Kier alpha value is -1.19. The molecule has 1 aromatic rings. The highest BCUT2D eigenvalue weighted by Crippen LogP contribution is 1.99. The van der Waals surface area contributed by atoms with E-state index in [1.807, 2.05) is 6.92 Å². The molecule has 4 heteroatoms. The van der Waals surface area contributed by atoms with Gasteiger partial charge in [-0.25, -0.2) is 0 Å². The molecular weight excluding hydrogens is 118 g/mol. The van der Waals surface area contributed by atoms with Gasteiger partial charge in [-0.05, 0) is 6.42 Å². The number of nitrogens with one attached hydrogen (secondary N) is 2. The summed E-state index contributed by atoms with van der Waals surface area (Å²) in [6.07, 6.45) is 0.671. The second-order valence-corrected chi connectivity index (χ2v) is 1.82. The molecule has 0 aliphatic rings. The normalized spacial score (nSPS) is 9.89. The van der Waals surface area contributed by atoms with Crippen LogP contribution in [0.5, 0.6) is 0 Å². The van der Waals surface area contributed by atoms with Crippen molar-refractivity contribution in [1.29, 1.82) is 0 Å². The number of nitrogens with two attached hydrogens (primary N) is 1. The minimum atomic E-state index is -0.116. The van der Waals surface area contributed by atoms with Crippen LogP contribution in [0, 0.1) is 0 Å². The SMILES string of the molecule is CCc1c(N)[nH][nH]c1=O. The molecule has 0 radical (unpaired) electrons. The smallest absolute Gasteiger partial charge is 0.269 e. The Kier molecular flexibility index (Phi) is 1.30. The third-order valence-corrected chi connectivity index (χ3v) is 1.26. The van der Waals surface area contributed by atoms with Crippen molar-refractivity contribution in [1.82, 2.24) is 10.2 Å². The molecule has 0 atom stereocenters. The van der Waals surface area contributed by atoms with Crippen molar-refractivity contribution >= 4 is 5.82 Å². The van der Waals surface area contributed by atoms with E-state index < -0.39 is 0 Å². The van der Waals surface area contributed by atoms with E-state index in [2.05, 4.69) is 10.2 Å². The summed E-state index contributed by atoms with van der Waals surface area (Å²) >= 11 is 0.